The van der Waals surface area contributed by atoms with Crippen molar-refractivity contribution in [2.45, 2.75) is 155 Å². The molecule has 9 nitrogen and oxygen atoms in total. The van der Waals surface area contributed by atoms with E-state index in [9.17, 15) is 19.3 Å². The number of unbranched alkanes of at least 4 members (excludes halogenated alkanes) is 11. The summed E-state index contributed by atoms with van der Waals surface area (Å²) in [6.45, 7) is 5.71. The zero-order chi connectivity index (χ0) is 33.6. The van der Waals surface area contributed by atoms with E-state index in [2.05, 4.69) is 37.4 Å². The summed E-state index contributed by atoms with van der Waals surface area (Å²) in [6.07, 6.45) is 27.6. The third kappa shape index (κ3) is 33.4. The summed E-state index contributed by atoms with van der Waals surface area (Å²) in [5.41, 5.74) is 0. The first-order valence-electron chi connectivity index (χ1n) is 17.2. The van der Waals surface area contributed by atoms with E-state index in [1.165, 1.54) is 32.1 Å². The first kappa shape index (κ1) is 43.2. The van der Waals surface area contributed by atoms with Crippen LogP contribution in [-0.4, -0.2) is 52.3 Å². The lowest BCUT2D eigenvalue weighted by Crippen LogP contribution is -2.29. The van der Waals surface area contributed by atoms with Gasteiger partial charge in [-0.15, -0.1) is 0 Å². The maximum absolute atomic E-state index is 12.3. The molecule has 0 radical (unpaired) electrons. The number of ether oxygens (including phenoxy) is 2. The average Bonchev–Trinajstić information content (AvgIpc) is 2.97. The van der Waals surface area contributed by atoms with Crippen LogP contribution in [0, 0.1) is 5.92 Å². The second-order valence-electron chi connectivity index (χ2n) is 12.1. The highest BCUT2D eigenvalue weighted by Crippen LogP contribution is 2.36. The standard InChI is InChI=1S/C35H63O9P/c1-4-5-6-7-10-15-20-25-32(36)26-21-16-13-18-22-27-34(37)42-29-33(30-43-45(39,40)41)44-35(38)28-23-17-12-9-8-11-14-19-24-31(2)3/h5-6,10,15,20,25,31-33,36H,4,7-9,11-14,16-19,21-24,26-30H2,1-3H3,(H2,39,40,41)/b6-5+,15-10+,25-20+/t32?,33-/m1/s1. The highest BCUT2D eigenvalue weighted by molar-refractivity contribution is 7.46. The molecule has 0 aliphatic carbocycles. The minimum absolute atomic E-state index is 0.191. The fourth-order valence-electron chi connectivity index (χ4n) is 4.62. The molecule has 10 heteroatoms. The number of phosphoric acid groups is 1. The summed E-state index contributed by atoms with van der Waals surface area (Å²) in [6, 6.07) is 0. The van der Waals surface area contributed by atoms with Crippen molar-refractivity contribution in [2.24, 2.45) is 5.92 Å². The van der Waals surface area contributed by atoms with E-state index >= 15 is 0 Å². The monoisotopic (exact) mass is 658 g/mol. The zero-order valence-electron chi connectivity index (χ0n) is 28.3. The Kier molecular flexibility index (Phi) is 28.5. The van der Waals surface area contributed by atoms with Gasteiger partial charge in [0, 0.05) is 12.8 Å². The highest BCUT2D eigenvalue weighted by atomic mass is 31.2. The van der Waals surface area contributed by atoms with Crippen molar-refractivity contribution in [2.75, 3.05) is 13.2 Å². The predicted octanol–water partition coefficient (Wildman–Crippen LogP) is 8.67. The molecular formula is C35H63O9P. The fraction of sp³-hybridized carbons (Fsp3) is 0.771. The smallest absolute Gasteiger partial charge is 0.462 e. The average molecular weight is 659 g/mol. The van der Waals surface area contributed by atoms with Gasteiger partial charge in [-0.05, 0) is 38.0 Å². The van der Waals surface area contributed by atoms with Crippen LogP contribution in [0.1, 0.15) is 143 Å². The van der Waals surface area contributed by atoms with Crippen molar-refractivity contribution in [3.63, 3.8) is 0 Å². The van der Waals surface area contributed by atoms with Crippen molar-refractivity contribution in [3.05, 3.63) is 36.5 Å². The second-order valence-corrected chi connectivity index (χ2v) is 13.4. The van der Waals surface area contributed by atoms with E-state index in [1.807, 2.05) is 18.2 Å². The Labute approximate surface area is 273 Å². The molecule has 0 amide bonds. The number of allylic oxidation sites excluding steroid dienone is 5. The molecule has 0 aromatic carbocycles. The number of aliphatic hydroxyl groups is 1. The van der Waals surface area contributed by atoms with Crippen molar-refractivity contribution in [3.8, 4) is 0 Å². The number of hydrogen-bond acceptors (Lipinski definition) is 7. The Morgan fingerprint density at radius 3 is 1.84 bits per heavy atom. The third-order valence-corrected chi connectivity index (χ3v) is 7.69. The van der Waals surface area contributed by atoms with Crippen LogP contribution < -0.4 is 0 Å². The summed E-state index contributed by atoms with van der Waals surface area (Å²) >= 11 is 0. The highest BCUT2D eigenvalue weighted by Gasteiger charge is 2.22. The van der Waals surface area contributed by atoms with E-state index in [1.54, 1.807) is 6.08 Å². The number of carbonyl (C=O) groups is 2. The molecule has 0 aliphatic rings. The van der Waals surface area contributed by atoms with Crippen LogP contribution in [0.25, 0.3) is 0 Å². The van der Waals surface area contributed by atoms with Crippen LogP contribution in [0.5, 0.6) is 0 Å². The van der Waals surface area contributed by atoms with Gasteiger partial charge in [-0.3, -0.25) is 14.1 Å². The Bertz CT molecular complexity index is 863. The summed E-state index contributed by atoms with van der Waals surface area (Å²) in [4.78, 5) is 42.5. The summed E-state index contributed by atoms with van der Waals surface area (Å²) in [5, 5.41) is 10.0. The van der Waals surface area contributed by atoms with E-state index in [4.69, 9.17) is 19.3 Å². The molecule has 0 rings (SSSR count). The topological polar surface area (TPSA) is 140 Å². The van der Waals surface area contributed by atoms with Gasteiger partial charge < -0.3 is 24.4 Å². The van der Waals surface area contributed by atoms with Gasteiger partial charge >= 0.3 is 19.8 Å². The Morgan fingerprint density at radius 2 is 1.27 bits per heavy atom. The van der Waals surface area contributed by atoms with Gasteiger partial charge in [0.2, 0.25) is 0 Å². The van der Waals surface area contributed by atoms with Crippen LogP contribution in [0.15, 0.2) is 36.5 Å². The van der Waals surface area contributed by atoms with Crippen LogP contribution in [0.4, 0.5) is 0 Å². The van der Waals surface area contributed by atoms with Crippen molar-refractivity contribution >= 4 is 19.8 Å². The van der Waals surface area contributed by atoms with Gasteiger partial charge in [-0.25, -0.2) is 4.57 Å². The lowest BCUT2D eigenvalue weighted by Gasteiger charge is -2.18. The van der Waals surface area contributed by atoms with Gasteiger partial charge in [0.25, 0.3) is 0 Å². The van der Waals surface area contributed by atoms with E-state index in [-0.39, 0.29) is 19.4 Å². The molecule has 0 heterocycles. The van der Waals surface area contributed by atoms with Crippen LogP contribution in [-0.2, 0) is 28.2 Å². The van der Waals surface area contributed by atoms with Gasteiger partial charge in [0.1, 0.15) is 6.61 Å². The molecule has 0 spiro atoms. The summed E-state index contributed by atoms with van der Waals surface area (Å²) in [7, 11) is -4.77. The fourth-order valence-corrected chi connectivity index (χ4v) is 4.98. The number of carbonyl (C=O) groups excluding carboxylic acids is 2. The van der Waals surface area contributed by atoms with Gasteiger partial charge in [-0.1, -0.05) is 134 Å². The van der Waals surface area contributed by atoms with Crippen molar-refractivity contribution in [1.82, 2.24) is 0 Å². The summed E-state index contributed by atoms with van der Waals surface area (Å²) < 4.78 is 26.2. The summed E-state index contributed by atoms with van der Waals surface area (Å²) in [5.74, 6) is -0.205. The molecule has 0 fully saturated rings. The van der Waals surface area contributed by atoms with Gasteiger partial charge in [-0.2, -0.15) is 0 Å². The Hall–Kier alpha value is -1.77. The van der Waals surface area contributed by atoms with Gasteiger partial charge in [0.05, 0.1) is 12.7 Å². The van der Waals surface area contributed by atoms with Crippen molar-refractivity contribution in [1.29, 1.82) is 0 Å². The molecule has 2 atom stereocenters. The molecule has 262 valence electrons. The normalized spacial score (nSPS) is 13.8. The maximum Gasteiger partial charge on any atom is 0.469 e. The Balaban J connectivity index is 4.10. The largest absolute Gasteiger partial charge is 0.469 e. The molecule has 45 heavy (non-hydrogen) atoms. The number of esters is 2. The maximum atomic E-state index is 12.3. The van der Waals surface area contributed by atoms with Crippen LogP contribution in [0.2, 0.25) is 0 Å². The number of rotatable bonds is 30. The van der Waals surface area contributed by atoms with E-state index in [0.29, 0.717) is 19.3 Å². The molecule has 3 N–H and O–H groups in total. The molecule has 0 aliphatic heterocycles. The Morgan fingerprint density at radius 1 is 0.711 bits per heavy atom. The lowest BCUT2D eigenvalue weighted by atomic mass is 10.0. The predicted molar refractivity (Wildman–Crippen MR) is 180 cm³/mol. The minimum Gasteiger partial charge on any atom is -0.462 e. The molecule has 0 aromatic heterocycles. The zero-order valence-corrected chi connectivity index (χ0v) is 29.2. The second kappa shape index (κ2) is 29.6. The lowest BCUT2D eigenvalue weighted by molar-refractivity contribution is -0.161. The first-order chi connectivity index (χ1) is 21.5. The van der Waals surface area contributed by atoms with E-state index in [0.717, 1.165) is 63.7 Å². The first-order valence-corrected chi connectivity index (χ1v) is 18.8. The molecule has 0 aromatic rings. The van der Waals surface area contributed by atoms with Gasteiger partial charge in [0.15, 0.2) is 6.10 Å². The molecule has 0 saturated heterocycles. The van der Waals surface area contributed by atoms with E-state index < -0.39 is 38.6 Å². The third-order valence-electron chi connectivity index (χ3n) is 7.21. The molecular weight excluding hydrogens is 595 g/mol. The number of aliphatic hydroxyl groups excluding tert-OH is 1. The number of phosphoric ester groups is 1. The SMILES string of the molecule is CC/C=C/C/C=C/C=C/C(O)CCCCCCCC(=O)OC[C@H](COP(=O)(O)O)OC(=O)CCCCCCCCCCC(C)C. The van der Waals surface area contributed by atoms with Crippen LogP contribution in [0.3, 0.4) is 0 Å². The molecule has 1 unspecified atom stereocenters. The molecule has 0 bridgehead atoms. The quantitative estimate of drug-likeness (QED) is 0.0227. The van der Waals surface area contributed by atoms with Crippen LogP contribution >= 0.6 is 7.82 Å². The van der Waals surface area contributed by atoms with Crippen molar-refractivity contribution < 1.29 is 43.0 Å². The molecule has 0 saturated carbocycles. The minimum atomic E-state index is -4.77. The number of hydrogen-bond donors (Lipinski definition) is 3.